The summed E-state index contributed by atoms with van der Waals surface area (Å²) in [5.41, 5.74) is 1.31. The molecule has 1 aliphatic heterocycles. The van der Waals surface area contributed by atoms with Crippen molar-refractivity contribution in [1.29, 1.82) is 0 Å². The summed E-state index contributed by atoms with van der Waals surface area (Å²) in [5.74, 6) is -1.65. The molecule has 0 radical (unpaired) electrons. The topological polar surface area (TPSA) is 176 Å². The fourth-order valence-corrected chi connectivity index (χ4v) is 5.11. The van der Waals surface area contributed by atoms with Gasteiger partial charge in [0, 0.05) is 31.4 Å². The largest absolute Gasteiger partial charge is 0.459 e. The van der Waals surface area contributed by atoms with Crippen molar-refractivity contribution in [3.8, 4) is 0 Å². The van der Waals surface area contributed by atoms with Crippen LogP contribution in [-0.2, 0) is 41.6 Å². The lowest BCUT2D eigenvalue weighted by Gasteiger charge is -2.44. The van der Waals surface area contributed by atoms with E-state index in [-0.39, 0.29) is 35.7 Å². The van der Waals surface area contributed by atoms with E-state index in [1.807, 2.05) is 60.7 Å². The van der Waals surface area contributed by atoms with E-state index in [2.05, 4.69) is 0 Å². The van der Waals surface area contributed by atoms with Crippen LogP contribution in [0.5, 0.6) is 0 Å². The number of benzene rings is 4. The second-order valence-corrected chi connectivity index (χ2v) is 10.9. The number of methoxy groups -OCH3 is 1. The van der Waals surface area contributed by atoms with Crippen molar-refractivity contribution >= 4 is 23.3 Å². The number of carbonyl (C=O) groups is 2. The molecule has 49 heavy (non-hydrogen) atoms. The second kappa shape index (κ2) is 16.5. The number of esters is 2. The molecule has 0 aromatic heterocycles. The van der Waals surface area contributed by atoms with Crippen molar-refractivity contribution in [3.63, 3.8) is 0 Å². The maximum Gasteiger partial charge on any atom is 0.338 e. The molecule has 1 saturated heterocycles. The Balaban J connectivity index is 1.45. The predicted octanol–water partition coefficient (Wildman–Crippen LogP) is 5.43. The summed E-state index contributed by atoms with van der Waals surface area (Å²) >= 11 is 0. The van der Waals surface area contributed by atoms with Crippen molar-refractivity contribution in [1.82, 2.24) is 0 Å². The number of rotatable bonds is 14. The van der Waals surface area contributed by atoms with Crippen LogP contribution in [0.2, 0.25) is 0 Å². The van der Waals surface area contributed by atoms with E-state index in [0.717, 1.165) is 11.1 Å². The maximum absolute atomic E-state index is 13.5. The number of hydrogen-bond donors (Lipinski definition) is 0. The number of nitrogens with zero attached hydrogens (tertiary/aromatic N) is 2. The molecule has 5 rings (SSSR count). The van der Waals surface area contributed by atoms with E-state index < -0.39 is 59.1 Å². The summed E-state index contributed by atoms with van der Waals surface area (Å²) < 4.78 is 36.1. The fraction of sp³-hybridized carbons (Fsp3) is 0.257. The van der Waals surface area contributed by atoms with Crippen LogP contribution in [0.15, 0.2) is 109 Å². The molecule has 0 N–H and O–H groups in total. The molecule has 4 aromatic carbocycles. The highest BCUT2D eigenvalue weighted by molar-refractivity contribution is 5.90. The van der Waals surface area contributed by atoms with Crippen LogP contribution in [0, 0.1) is 20.2 Å². The average Bonchev–Trinajstić information content (AvgIpc) is 3.13. The van der Waals surface area contributed by atoms with E-state index in [1.165, 1.54) is 55.6 Å². The van der Waals surface area contributed by atoms with Gasteiger partial charge < -0.3 is 28.4 Å². The van der Waals surface area contributed by atoms with Crippen molar-refractivity contribution < 1.29 is 47.9 Å². The minimum atomic E-state index is -1.25. The first-order chi connectivity index (χ1) is 23.7. The SMILES string of the molecule is CO[C@@H]1O[C@H](COC(=O)c2ccc([N+](=O)[O-])cc2)[C@@H](OC(=O)c2ccc([N+](=O)[O-])cc2)[C@H](OCc2ccccc2)[C@H]1OCc1ccccc1. The quantitative estimate of drug-likeness (QED) is 0.0945. The van der Waals surface area contributed by atoms with Gasteiger partial charge in [0.15, 0.2) is 12.4 Å². The Kier molecular flexibility index (Phi) is 11.7. The zero-order chi connectivity index (χ0) is 34.8. The molecular formula is C35H32N2O12. The lowest BCUT2D eigenvalue weighted by molar-refractivity contribution is -0.385. The number of carbonyl (C=O) groups excluding carboxylic acids is 2. The van der Waals surface area contributed by atoms with Crippen LogP contribution in [0.1, 0.15) is 31.8 Å². The third-order valence-electron chi connectivity index (χ3n) is 7.64. The number of ether oxygens (including phenoxy) is 6. The molecule has 1 aliphatic rings. The summed E-state index contributed by atoms with van der Waals surface area (Å²) in [6.45, 7) is -0.235. The van der Waals surface area contributed by atoms with Gasteiger partial charge in [-0.2, -0.15) is 0 Å². The molecule has 14 heteroatoms. The highest BCUT2D eigenvalue weighted by Crippen LogP contribution is 2.31. The molecule has 0 spiro atoms. The van der Waals surface area contributed by atoms with Crippen LogP contribution >= 0.6 is 0 Å². The molecule has 4 aromatic rings. The summed E-state index contributed by atoms with van der Waals surface area (Å²) in [7, 11) is 1.40. The molecule has 1 fully saturated rings. The Hall–Kier alpha value is -5.54. The Bertz CT molecular complexity index is 1720. The molecule has 0 amide bonds. The Morgan fingerprint density at radius 1 is 0.653 bits per heavy atom. The maximum atomic E-state index is 13.5. The van der Waals surface area contributed by atoms with Gasteiger partial charge in [-0.15, -0.1) is 0 Å². The monoisotopic (exact) mass is 672 g/mol. The lowest BCUT2D eigenvalue weighted by Crippen LogP contribution is -2.62. The van der Waals surface area contributed by atoms with Gasteiger partial charge in [-0.3, -0.25) is 20.2 Å². The smallest absolute Gasteiger partial charge is 0.338 e. The molecule has 0 aliphatic carbocycles. The van der Waals surface area contributed by atoms with Gasteiger partial charge in [0.1, 0.15) is 24.9 Å². The zero-order valence-corrected chi connectivity index (χ0v) is 26.2. The summed E-state index contributed by atoms with van der Waals surface area (Å²) in [4.78, 5) is 47.5. The second-order valence-electron chi connectivity index (χ2n) is 10.9. The molecule has 1 heterocycles. The van der Waals surface area contributed by atoms with Crippen molar-refractivity contribution in [2.45, 2.75) is 43.9 Å². The first kappa shape index (κ1) is 34.8. The zero-order valence-electron chi connectivity index (χ0n) is 26.2. The van der Waals surface area contributed by atoms with Gasteiger partial charge in [-0.1, -0.05) is 60.7 Å². The van der Waals surface area contributed by atoms with Gasteiger partial charge in [0.05, 0.1) is 34.2 Å². The lowest BCUT2D eigenvalue weighted by atomic mass is 9.97. The van der Waals surface area contributed by atoms with Gasteiger partial charge in [-0.05, 0) is 35.4 Å². The van der Waals surface area contributed by atoms with E-state index in [9.17, 15) is 29.8 Å². The Labute approximate surface area is 280 Å². The normalized spacial score (nSPS) is 20.2. The fourth-order valence-electron chi connectivity index (χ4n) is 5.11. The first-order valence-electron chi connectivity index (χ1n) is 15.1. The van der Waals surface area contributed by atoms with Crippen molar-refractivity contribution in [2.24, 2.45) is 0 Å². The predicted molar refractivity (Wildman–Crippen MR) is 171 cm³/mol. The van der Waals surface area contributed by atoms with Crippen LogP contribution in [0.3, 0.4) is 0 Å². The van der Waals surface area contributed by atoms with Gasteiger partial charge >= 0.3 is 11.9 Å². The van der Waals surface area contributed by atoms with Gasteiger partial charge in [0.25, 0.3) is 11.4 Å². The highest BCUT2D eigenvalue weighted by atomic mass is 16.7. The van der Waals surface area contributed by atoms with E-state index >= 15 is 0 Å². The van der Waals surface area contributed by atoms with Gasteiger partial charge in [0.2, 0.25) is 0 Å². The Morgan fingerprint density at radius 3 is 1.59 bits per heavy atom. The molecule has 14 nitrogen and oxygen atoms in total. The van der Waals surface area contributed by atoms with Gasteiger partial charge in [-0.25, -0.2) is 9.59 Å². The number of nitro benzene ring substituents is 2. The number of hydrogen-bond acceptors (Lipinski definition) is 12. The van der Waals surface area contributed by atoms with Crippen LogP contribution < -0.4 is 0 Å². The molecule has 0 unspecified atom stereocenters. The number of non-ortho nitro benzene ring substituents is 2. The average molecular weight is 673 g/mol. The van der Waals surface area contributed by atoms with E-state index in [4.69, 9.17) is 28.4 Å². The standard InChI is InChI=1S/C35H32N2O12/c1-44-35-32(46-21-24-10-6-3-7-11-24)31(45-20-23-8-4-2-5-9-23)30(49-34(39)26-14-18-28(19-15-26)37(42)43)29(48-35)22-47-33(38)25-12-16-27(17-13-25)36(40)41/h2-19,29-32,35H,20-22H2,1H3/t29-,30-,31+,32-,35-/m1/s1. The third-order valence-corrected chi connectivity index (χ3v) is 7.64. The third kappa shape index (κ3) is 9.09. The van der Waals surface area contributed by atoms with Crippen molar-refractivity contribution in [3.05, 3.63) is 152 Å². The molecular weight excluding hydrogens is 640 g/mol. The molecule has 0 bridgehead atoms. The molecule has 5 atom stereocenters. The minimum Gasteiger partial charge on any atom is -0.459 e. The summed E-state index contributed by atoms with van der Waals surface area (Å²) in [5, 5.41) is 22.2. The van der Waals surface area contributed by atoms with E-state index in [0.29, 0.717) is 0 Å². The van der Waals surface area contributed by atoms with Crippen LogP contribution in [0.25, 0.3) is 0 Å². The van der Waals surface area contributed by atoms with Crippen LogP contribution in [-0.4, -0.2) is 66.2 Å². The molecule has 0 saturated carbocycles. The van der Waals surface area contributed by atoms with Crippen molar-refractivity contribution in [2.75, 3.05) is 13.7 Å². The Morgan fingerprint density at radius 2 is 1.12 bits per heavy atom. The summed E-state index contributed by atoms with van der Waals surface area (Å²) in [6.07, 6.45) is -5.45. The highest BCUT2D eigenvalue weighted by Gasteiger charge is 2.50. The minimum absolute atomic E-state index is 0.0182. The van der Waals surface area contributed by atoms with Crippen LogP contribution in [0.4, 0.5) is 11.4 Å². The number of nitro groups is 2. The first-order valence-corrected chi connectivity index (χ1v) is 15.1. The summed E-state index contributed by atoms with van der Waals surface area (Å²) in [6, 6.07) is 28.3. The van der Waals surface area contributed by atoms with E-state index in [1.54, 1.807) is 0 Å². The molecule has 254 valence electrons.